The average molecular weight is 475 g/mol. The Morgan fingerprint density at radius 1 is 1.06 bits per heavy atom. The predicted octanol–water partition coefficient (Wildman–Crippen LogP) is 7.03. The van der Waals surface area contributed by atoms with Gasteiger partial charge in [0.25, 0.3) is 5.91 Å². The number of rotatable bonds is 4. The third-order valence-corrected chi connectivity index (χ3v) is 7.19. The Bertz CT molecular complexity index is 1240. The molecule has 1 amide bonds. The van der Waals surface area contributed by atoms with Gasteiger partial charge in [0.2, 0.25) is 0 Å². The van der Waals surface area contributed by atoms with Gasteiger partial charge in [-0.1, -0.05) is 48.0 Å². The molecule has 1 atom stereocenters. The second-order valence-electron chi connectivity index (χ2n) is 8.04. The number of nitrogens with zero attached hydrogens (tertiary/aromatic N) is 2. The van der Waals surface area contributed by atoms with Crippen LogP contribution in [0.2, 0.25) is 5.02 Å². The van der Waals surface area contributed by atoms with Crippen molar-refractivity contribution in [3.8, 4) is 5.75 Å². The zero-order chi connectivity index (χ0) is 22.8. The second-order valence-corrected chi connectivity index (χ2v) is 9.48. The zero-order valence-electron chi connectivity index (χ0n) is 18.2. The van der Waals surface area contributed by atoms with Gasteiger partial charge in [-0.05, 0) is 90.2 Å². The number of halogens is 1. The van der Waals surface area contributed by atoms with Gasteiger partial charge >= 0.3 is 0 Å². The summed E-state index contributed by atoms with van der Waals surface area (Å²) in [4.78, 5) is 21.1. The van der Waals surface area contributed by atoms with Crippen molar-refractivity contribution in [2.24, 2.45) is 4.99 Å². The van der Waals surface area contributed by atoms with E-state index in [4.69, 9.17) is 21.3 Å². The highest BCUT2D eigenvalue weighted by molar-refractivity contribution is 8.18. The normalized spacial score (nSPS) is 20.4. The molecule has 0 bridgehead atoms. The molecule has 4 nitrogen and oxygen atoms in total. The second kappa shape index (κ2) is 9.46. The summed E-state index contributed by atoms with van der Waals surface area (Å²) in [5.41, 5.74) is 4.25. The molecule has 166 valence electrons. The minimum atomic E-state index is -0.0249. The van der Waals surface area contributed by atoms with E-state index in [1.165, 1.54) is 22.9 Å². The molecule has 1 heterocycles. The maximum atomic E-state index is 13.7. The highest BCUT2D eigenvalue weighted by atomic mass is 35.5. The Hall–Kier alpha value is -3.02. The maximum Gasteiger partial charge on any atom is 0.267 e. The number of fused-ring (bicyclic) bond motifs is 1. The largest absolute Gasteiger partial charge is 0.497 e. The number of methoxy groups -OCH3 is 1. The van der Waals surface area contributed by atoms with Crippen LogP contribution in [0.15, 0.2) is 82.7 Å². The van der Waals surface area contributed by atoms with Crippen molar-refractivity contribution in [1.82, 2.24) is 4.90 Å². The lowest BCUT2D eigenvalue weighted by Crippen LogP contribution is -2.35. The molecule has 0 N–H and O–H groups in total. The fourth-order valence-electron chi connectivity index (χ4n) is 4.31. The summed E-state index contributed by atoms with van der Waals surface area (Å²) in [5.74, 6) is 0.763. The molecule has 0 aromatic heterocycles. The predicted molar refractivity (Wildman–Crippen MR) is 136 cm³/mol. The first-order chi connectivity index (χ1) is 16.1. The molecule has 1 aliphatic carbocycles. The summed E-state index contributed by atoms with van der Waals surface area (Å²) in [5, 5.41) is 1.37. The molecule has 3 aromatic rings. The molecule has 1 saturated heterocycles. The van der Waals surface area contributed by atoms with E-state index in [0.717, 1.165) is 36.3 Å². The van der Waals surface area contributed by atoms with Gasteiger partial charge in [0.15, 0.2) is 5.17 Å². The number of hydrogen-bond donors (Lipinski definition) is 0. The molecule has 5 rings (SSSR count). The van der Waals surface area contributed by atoms with Crippen LogP contribution in [-0.4, -0.2) is 23.1 Å². The molecule has 0 spiro atoms. The Balaban J connectivity index is 1.56. The van der Waals surface area contributed by atoms with Crippen molar-refractivity contribution < 1.29 is 9.53 Å². The number of benzene rings is 3. The number of aliphatic imine (C=N–C) groups is 1. The van der Waals surface area contributed by atoms with E-state index < -0.39 is 0 Å². The van der Waals surface area contributed by atoms with Gasteiger partial charge in [0.1, 0.15) is 5.75 Å². The van der Waals surface area contributed by atoms with Crippen molar-refractivity contribution in [2.45, 2.75) is 25.3 Å². The first kappa shape index (κ1) is 21.8. The van der Waals surface area contributed by atoms with Crippen LogP contribution in [-0.2, 0) is 11.2 Å². The first-order valence-corrected chi connectivity index (χ1v) is 12.1. The van der Waals surface area contributed by atoms with Crippen LogP contribution >= 0.6 is 23.4 Å². The van der Waals surface area contributed by atoms with Crippen molar-refractivity contribution in [3.05, 3.63) is 99.4 Å². The summed E-state index contributed by atoms with van der Waals surface area (Å²) >= 11 is 7.46. The van der Waals surface area contributed by atoms with Gasteiger partial charge in [-0.15, -0.1) is 0 Å². The lowest BCUT2D eigenvalue weighted by Gasteiger charge is -2.32. The van der Waals surface area contributed by atoms with E-state index in [2.05, 4.69) is 24.3 Å². The van der Waals surface area contributed by atoms with E-state index in [1.54, 1.807) is 7.11 Å². The minimum absolute atomic E-state index is 0.0103. The fraction of sp³-hybridized carbons (Fsp3) is 0.185. The molecule has 2 aliphatic rings. The number of carbonyl (C=O) groups excluding carboxylic acids is 1. The van der Waals surface area contributed by atoms with E-state index in [-0.39, 0.29) is 11.9 Å². The summed E-state index contributed by atoms with van der Waals surface area (Å²) in [7, 11) is 1.64. The standard InChI is InChI=1S/C27H23ClN2O2S/c1-32-22-15-13-21(14-16-22)29-27-30(24-8-4-6-19-5-2-3-7-23(19)24)26(31)25(33-27)17-18-9-11-20(28)12-10-18/h2-3,5,7,9-17,24H,4,6,8H2,1H3/b25-17+,29-27?/t24-/m0/s1. The van der Waals surface area contributed by atoms with Crippen molar-refractivity contribution >= 4 is 46.2 Å². The maximum absolute atomic E-state index is 13.7. The number of aryl methyl sites for hydroxylation is 1. The topological polar surface area (TPSA) is 41.9 Å². The quantitative estimate of drug-likeness (QED) is 0.381. The summed E-state index contributed by atoms with van der Waals surface area (Å²) in [6.07, 6.45) is 4.92. The Morgan fingerprint density at radius 3 is 2.58 bits per heavy atom. The van der Waals surface area contributed by atoms with Crippen molar-refractivity contribution in [2.75, 3.05) is 7.11 Å². The Morgan fingerprint density at radius 2 is 1.82 bits per heavy atom. The molecule has 0 saturated carbocycles. The number of ether oxygens (including phenoxy) is 1. The van der Waals surface area contributed by atoms with Gasteiger partial charge in [0, 0.05) is 5.02 Å². The molecule has 3 aromatic carbocycles. The Kier molecular flexibility index (Phi) is 6.25. The molecule has 0 radical (unpaired) electrons. The summed E-state index contributed by atoms with van der Waals surface area (Å²) in [6.45, 7) is 0. The fourth-order valence-corrected chi connectivity index (χ4v) is 5.48. The van der Waals surface area contributed by atoms with Crippen LogP contribution in [0.1, 0.15) is 35.6 Å². The number of amidine groups is 1. The summed E-state index contributed by atoms with van der Waals surface area (Å²) < 4.78 is 5.27. The lowest BCUT2D eigenvalue weighted by molar-refractivity contribution is -0.124. The van der Waals surface area contributed by atoms with Crippen molar-refractivity contribution in [1.29, 1.82) is 0 Å². The molecule has 1 aliphatic heterocycles. The van der Waals surface area contributed by atoms with Crippen LogP contribution in [0.3, 0.4) is 0 Å². The van der Waals surface area contributed by atoms with Crippen LogP contribution in [0, 0.1) is 0 Å². The van der Waals surface area contributed by atoms with E-state index >= 15 is 0 Å². The van der Waals surface area contributed by atoms with Crippen LogP contribution in [0.25, 0.3) is 6.08 Å². The van der Waals surface area contributed by atoms with Crippen LogP contribution in [0.4, 0.5) is 5.69 Å². The van der Waals surface area contributed by atoms with Gasteiger partial charge in [-0.25, -0.2) is 4.99 Å². The molecular formula is C27H23ClN2O2S. The molecular weight excluding hydrogens is 452 g/mol. The first-order valence-electron chi connectivity index (χ1n) is 10.9. The Labute approximate surface area is 202 Å². The number of amides is 1. The van der Waals surface area contributed by atoms with Gasteiger partial charge in [0.05, 0.1) is 23.7 Å². The molecule has 1 fully saturated rings. The van der Waals surface area contributed by atoms with E-state index in [1.807, 2.05) is 59.5 Å². The van der Waals surface area contributed by atoms with Crippen molar-refractivity contribution in [3.63, 3.8) is 0 Å². The number of carbonyl (C=O) groups is 1. The zero-order valence-corrected chi connectivity index (χ0v) is 19.8. The van der Waals surface area contributed by atoms with Gasteiger partial charge in [-0.3, -0.25) is 9.69 Å². The van der Waals surface area contributed by atoms with Gasteiger partial charge < -0.3 is 4.74 Å². The number of thioether (sulfide) groups is 1. The highest BCUT2D eigenvalue weighted by Gasteiger charge is 2.40. The number of hydrogen-bond acceptors (Lipinski definition) is 4. The summed E-state index contributed by atoms with van der Waals surface area (Å²) in [6, 6.07) is 23.5. The van der Waals surface area contributed by atoms with E-state index in [0.29, 0.717) is 15.1 Å². The molecule has 6 heteroatoms. The van der Waals surface area contributed by atoms with E-state index in [9.17, 15) is 4.79 Å². The van der Waals surface area contributed by atoms with Crippen LogP contribution in [0.5, 0.6) is 5.75 Å². The lowest BCUT2D eigenvalue weighted by atomic mass is 9.87. The highest BCUT2D eigenvalue weighted by Crippen LogP contribution is 2.43. The smallest absolute Gasteiger partial charge is 0.267 e. The third kappa shape index (κ3) is 4.56. The SMILES string of the molecule is COc1ccc(N=C2S/C(=C/c3ccc(Cl)cc3)C(=O)N2[C@H]2CCCc3ccccc32)cc1. The molecule has 0 unspecified atom stereocenters. The van der Waals surface area contributed by atoms with Gasteiger partial charge in [-0.2, -0.15) is 0 Å². The molecule has 33 heavy (non-hydrogen) atoms. The van der Waals surface area contributed by atoms with Crippen LogP contribution < -0.4 is 4.74 Å². The third-order valence-electron chi connectivity index (χ3n) is 5.95. The minimum Gasteiger partial charge on any atom is -0.497 e. The monoisotopic (exact) mass is 474 g/mol. The average Bonchev–Trinajstić information content (AvgIpc) is 3.14.